The van der Waals surface area contributed by atoms with Gasteiger partial charge in [-0.05, 0) is 23.8 Å². The third-order valence-corrected chi connectivity index (χ3v) is 7.84. The van der Waals surface area contributed by atoms with Crippen LogP contribution in [0, 0.1) is 0 Å². The molecule has 5 heterocycles. The standard InChI is InChI=1S/C23H21N7O6S2/c1-35-29-16(15-10-38-23(24)26-15)19(31)27-17-20(32)30-18(22(33)34)12(9-37-21(17)30)2-3-13-8-14(28-36-13)11-4-6-25-7-5-11/h2-7,10,13,17,21H,8-9H2,1H3,(H2,24,26)(H,27,31)(H,33,34)/b3-2+,29-16-/t13?,17-,21-/m1/s1. The van der Waals surface area contributed by atoms with E-state index in [1.807, 2.05) is 12.1 Å². The van der Waals surface area contributed by atoms with Crippen LogP contribution in [0.15, 0.2) is 63.6 Å². The zero-order chi connectivity index (χ0) is 26.8. The molecule has 2 aromatic rings. The number of aliphatic carboxylic acids is 1. The number of thioether (sulfide) groups is 1. The van der Waals surface area contributed by atoms with Crippen molar-refractivity contribution < 1.29 is 29.2 Å². The van der Waals surface area contributed by atoms with Crippen LogP contribution in [0.3, 0.4) is 0 Å². The Labute approximate surface area is 224 Å². The highest BCUT2D eigenvalue weighted by Crippen LogP contribution is 2.40. The van der Waals surface area contributed by atoms with Gasteiger partial charge in [-0.25, -0.2) is 9.78 Å². The number of β-lactam (4-membered cyclic amide) rings is 1. The van der Waals surface area contributed by atoms with Crippen LogP contribution in [-0.2, 0) is 24.1 Å². The Bertz CT molecular complexity index is 1400. The van der Waals surface area contributed by atoms with Crippen molar-refractivity contribution in [1.82, 2.24) is 20.2 Å². The van der Waals surface area contributed by atoms with Gasteiger partial charge in [-0.15, -0.1) is 23.1 Å². The largest absolute Gasteiger partial charge is 0.477 e. The number of hydrogen-bond acceptors (Lipinski definition) is 12. The Kier molecular flexibility index (Phi) is 7.11. The second-order valence-electron chi connectivity index (χ2n) is 8.21. The van der Waals surface area contributed by atoms with Crippen molar-refractivity contribution in [3.63, 3.8) is 0 Å². The topological polar surface area (TPSA) is 182 Å². The van der Waals surface area contributed by atoms with E-state index in [1.165, 1.54) is 23.8 Å². The molecule has 3 atom stereocenters. The molecule has 196 valence electrons. The lowest BCUT2D eigenvalue weighted by atomic mass is 10.0. The molecule has 4 N–H and O–H groups in total. The molecule has 15 heteroatoms. The van der Waals surface area contributed by atoms with Crippen LogP contribution >= 0.6 is 23.1 Å². The number of carboxylic acid groups (broad SMARTS) is 1. The lowest BCUT2D eigenvalue weighted by Crippen LogP contribution is -2.71. The van der Waals surface area contributed by atoms with Crippen molar-refractivity contribution in [2.24, 2.45) is 10.3 Å². The highest BCUT2D eigenvalue weighted by molar-refractivity contribution is 8.00. The van der Waals surface area contributed by atoms with E-state index in [4.69, 9.17) is 15.4 Å². The summed E-state index contributed by atoms with van der Waals surface area (Å²) in [5.74, 6) is -2.17. The first kappa shape index (κ1) is 25.4. The normalized spacial score (nSPS) is 23.0. The molecule has 3 aliphatic rings. The van der Waals surface area contributed by atoms with Crippen LogP contribution in [0.4, 0.5) is 5.13 Å². The molecule has 0 radical (unpaired) electrons. The van der Waals surface area contributed by atoms with Gasteiger partial charge in [0.2, 0.25) is 0 Å². The Morgan fingerprint density at radius 3 is 2.84 bits per heavy atom. The van der Waals surface area contributed by atoms with Crippen molar-refractivity contribution in [3.05, 3.63) is 64.6 Å². The lowest BCUT2D eigenvalue weighted by molar-refractivity contribution is -0.150. The Hall–Kier alpha value is -4.24. The molecule has 2 aromatic heterocycles. The van der Waals surface area contributed by atoms with Crippen LogP contribution in [0.25, 0.3) is 0 Å². The molecule has 3 aliphatic heterocycles. The number of thiazole rings is 1. The first-order chi connectivity index (χ1) is 18.4. The molecular formula is C23H21N7O6S2. The van der Waals surface area contributed by atoms with Crippen LogP contribution in [0.5, 0.6) is 0 Å². The number of hydrogen-bond donors (Lipinski definition) is 3. The van der Waals surface area contributed by atoms with Crippen LogP contribution in [0.1, 0.15) is 17.7 Å². The third kappa shape index (κ3) is 4.84. The number of aromatic nitrogens is 2. The predicted octanol–water partition coefficient (Wildman–Crippen LogP) is 0.959. The van der Waals surface area contributed by atoms with Crippen LogP contribution in [0.2, 0.25) is 0 Å². The van der Waals surface area contributed by atoms with Gasteiger partial charge >= 0.3 is 5.97 Å². The van der Waals surface area contributed by atoms with E-state index in [9.17, 15) is 19.5 Å². The number of nitrogen functional groups attached to an aromatic ring is 1. The third-order valence-electron chi connectivity index (χ3n) is 5.87. The number of carbonyl (C=O) groups is 3. The number of oxime groups is 2. The molecule has 0 spiro atoms. The van der Waals surface area contributed by atoms with Crippen molar-refractivity contribution in [2.45, 2.75) is 23.9 Å². The highest BCUT2D eigenvalue weighted by atomic mass is 32.2. The molecule has 1 unspecified atom stereocenters. The van der Waals surface area contributed by atoms with E-state index in [0.717, 1.165) is 22.6 Å². The number of carbonyl (C=O) groups excluding carboxylic acids is 2. The molecule has 2 amide bonds. The van der Waals surface area contributed by atoms with Gasteiger partial charge in [-0.2, -0.15) is 0 Å². The van der Waals surface area contributed by atoms with E-state index in [1.54, 1.807) is 29.9 Å². The molecule has 13 nitrogen and oxygen atoms in total. The van der Waals surface area contributed by atoms with Gasteiger partial charge in [-0.3, -0.25) is 19.5 Å². The number of allylic oxidation sites excluding steroid dienone is 1. The van der Waals surface area contributed by atoms with Crippen molar-refractivity contribution in [2.75, 3.05) is 18.6 Å². The second kappa shape index (κ2) is 10.6. The summed E-state index contributed by atoms with van der Waals surface area (Å²) in [6, 6.07) is 2.72. The second-order valence-corrected chi connectivity index (χ2v) is 10.2. The molecule has 0 saturated carbocycles. The van der Waals surface area contributed by atoms with Crippen LogP contribution < -0.4 is 11.1 Å². The fourth-order valence-electron chi connectivity index (χ4n) is 4.11. The minimum atomic E-state index is -1.24. The zero-order valence-electron chi connectivity index (χ0n) is 19.8. The Balaban J connectivity index is 1.28. The fourth-order valence-corrected chi connectivity index (χ4v) is 5.98. The maximum atomic E-state index is 13.0. The molecule has 38 heavy (non-hydrogen) atoms. The Morgan fingerprint density at radius 1 is 1.37 bits per heavy atom. The molecule has 5 rings (SSSR count). The summed E-state index contributed by atoms with van der Waals surface area (Å²) in [4.78, 5) is 57.5. The average molecular weight is 556 g/mol. The zero-order valence-corrected chi connectivity index (χ0v) is 21.4. The number of carboxylic acids is 1. The van der Waals surface area contributed by atoms with Crippen molar-refractivity contribution >= 4 is 57.4 Å². The first-order valence-corrected chi connectivity index (χ1v) is 13.2. The summed E-state index contributed by atoms with van der Waals surface area (Å²) in [5.41, 5.74) is 7.69. The van der Waals surface area contributed by atoms with Gasteiger partial charge < -0.3 is 25.8 Å². The monoisotopic (exact) mass is 555 g/mol. The molecule has 0 aliphatic carbocycles. The minimum absolute atomic E-state index is 0.133. The summed E-state index contributed by atoms with van der Waals surface area (Å²) < 4.78 is 0. The lowest BCUT2D eigenvalue weighted by Gasteiger charge is -2.49. The van der Waals surface area contributed by atoms with Gasteiger partial charge in [0, 0.05) is 35.5 Å². The first-order valence-electron chi connectivity index (χ1n) is 11.2. The van der Waals surface area contributed by atoms with E-state index < -0.39 is 29.2 Å². The summed E-state index contributed by atoms with van der Waals surface area (Å²) in [5, 5.41) is 21.5. The number of nitrogens with two attached hydrogens (primary N) is 1. The van der Waals surface area contributed by atoms with Gasteiger partial charge in [0.25, 0.3) is 11.8 Å². The summed E-state index contributed by atoms with van der Waals surface area (Å²) in [6.45, 7) is 0. The number of pyridine rings is 1. The number of anilines is 1. The Morgan fingerprint density at radius 2 is 2.16 bits per heavy atom. The number of rotatable bonds is 8. The van der Waals surface area contributed by atoms with Crippen molar-refractivity contribution in [3.8, 4) is 0 Å². The number of nitrogens with zero attached hydrogens (tertiary/aromatic N) is 5. The van der Waals surface area contributed by atoms with E-state index in [0.29, 0.717) is 17.7 Å². The van der Waals surface area contributed by atoms with Gasteiger partial charge in [0.1, 0.15) is 29.9 Å². The summed E-state index contributed by atoms with van der Waals surface area (Å²) in [7, 11) is 1.28. The average Bonchev–Trinajstić information content (AvgIpc) is 3.58. The van der Waals surface area contributed by atoms with E-state index >= 15 is 0 Å². The molecule has 1 saturated heterocycles. The summed E-state index contributed by atoms with van der Waals surface area (Å²) >= 11 is 2.46. The maximum absolute atomic E-state index is 13.0. The van der Waals surface area contributed by atoms with E-state index in [-0.39, 0.29) is 28.3 Å². The molecular weight excluding hydrogens is 534 g/mol. The fraction of sp³-hybridized carbons (Fsp3) is 0.261. The predicted molar refractivity (Wildman–Crippen MR) is 139 cm³/mol. The number of nitrogens with one attached hydrogen (secondary N) is 1. The smallest absolute Gasteiger partial charge is 0.352 e. The van der Waals surface area contributed by atoms with E-state index in [2.05, 4.69) is 25.6 Å². The minimum Gasteiger partial charge on any atom is -0.477 e. The quantitative estimate of drug-likeness (QED) is 0.241. The van der Waals surface area contributed by atoms with Gasteiger partial charge in [0.15, 0.2) is 16.9 Å². The van der Waals surface area contributed by atoms with Crippen molar-refractivity contribution in [1.29, 1.82) is 0 Å². The molecule has 0 aromatic carbocycles. The van der Waals surface area contributed by atoms with Crippen LogP contribution in [-0.4, -0.2) is 79.6 Å². The van der Waals surface area contributed by atoms with Gasteiger partial charge in [-0.1, -0.05) is 16.4 Å². The van der Waals surface area contributed by atoms with Gasteiger partial charge in [0.05, 0.1) is 5.71 Å². The number of fused-ring (bicyclic) bond motifs is 1. The SMILES string of the molecule is CO/N=C(\C(=O)N[C@@H]1C(=O)N2C(C(=O)O)=C(/C=C/C3CC(c4ccncc4)=NO3)CS[C@H]12)c1csc(N)n1. The highest BCUT2D eigenvalue weighted by Gasteiger charge is 2.54. The summed E-state index contributed by atoms with van der Waals surface area (Å²) in [6.07, 6.45) is 6.85. The maximum Gasteiger partial charge on any atom is 0.352 e. The number of amides is 2. The molecule has 0 bridgehead atoms. The molecule has 1 fully saturated rings.